The molecule has 1 heterocycles. The van der Waals surface area contributed by atoms with Crippen molar-refractivity contribution in [3.8, 4) is 17.2 Å². The van der Waals surface area contributed by atoms with Gasteiger partial charge in [-0.1, -0.05) is 66.2 Å². The van der Waals surface area contributed by atoms with Gasteiger partial charge in [0.1, 0.15) is 24.7 Å². The molecule has 1 aliphatic heterocycles. The fourth-order valence-corrected chi connectivity index (χ4v) is 5.19. The van der Waals surface area contributed by atoms with Gasteiger partial charge in [0.05, 0.1) is 25.3 Å². The van der Waals surface area contributed by atoms with Crippen molar-refractivity contribution in [1.29, 1.82) is 0 Å². The largest absolute Gasteiger partial charge is 0.507 e. The number of amides is 1. The third kappa shape index (κ3) is 6.76. The molecule has 8 heteroatoms. The first-order chi connectivity index (χ1) is 21.4. The van der Waals surface area contributed by atoms with Crippen LogP contribution in [-0.4, -0.2) is 49.1 Å². The smallest absolute Gasteiger partial charge is 0.295 e. The maximum atomic E-state index is 13.4. The Morgan fingerprint density at radius 3 is 2.23 bits per heavy atom. The van der Waals surface area contributed by atoms with Crippen LogP contribution >= 0.6 is 0 Å². The number of methoxy groups -OCH3 is 2. The summed E-state index contributed by atoms with van der Waals surface area (Å²) in [6, 6.07) is 29.0. The molecule has 0 aromatic heterocycles. The van der Waals surface area contributed by atoms with Crippen LogP contribution in [0.25, 0.3) is 5.76 Å². The number of hydrogen-bond acceptors (Lipinski definition) is 7. The molecule has 8 nitrogen and oxygen atoms in total. The van der Waals surface area contributed by atoms with Crippen LogP contribution in [0.4, 0.5) is 0 Å². The Bertz CT molecular complexity index is 1650. The van der Waals surface area contributed by atoms with Gasteiger partial charge < -0.3 is 29.0 Å². The number of aliphatic hydroxyl groups is 1. The van der Waals surface area contributed by atoms with Crippen LogP contribution in [0.3, 0.4) is 0 Å². The van der Waals surface area contributed by atoms with E-state index in [1.165, 1.54) is 19.1 Å². The molecule has 0 aliphatic carbocycles. The molecule has 0 saturated carbocycles. The average Bonchev–Trinajstić information content (AvgIpc) is 3.30. The van der Waals surface area contributed by atoms with Gasteiger partial charge in [-0.05, 0) is 60.0 Å². The van der Waals surface area contributed by atoms with Crippen LogP contribution in [0.5, 0.6) is 17.2 Å². The second kappa shape index (κ2) is 13.9. The predicted octanol–water partition coefficient (Wildman–Crippen LogP) is 6.23. The fraction of sp³-hybridized carbons (Fsp3) is 0.222. The molecule has 1 saturated heterocycles. The molecule has 0 bridgehead atoms. The van der Waals surface area contributed by atoms with E-state index in [1.54, 1.807) is 42.5 Å². The van der Waals surface area contributed by atoms with Crippen LogP contribution in [0, 0.1) is 6.92 Å². The standard InChI is InChI=1S/C36H35NO7/c1-24-8-7-11-26(20-24)23-43-29-15-12-27(13-16-29)34(38)32-33(37(18-19-41-2)36(40)35(32)39)28-14-17-30(31(21-28)42-3)44-22-25-9-5-4-6-10-25/h4-17,20-21,33,38H,18-19,22-23H2,1-3H3/b34-32+. The molecule has 0 radical (unpaired) electrons. The minimum Gasteiger partial charge on any atom is -0.507 e. The molecule has 44 heavy (non-hydrogen) atoms. The zero-order valence-corrected chi connectivity index (χ0v) is 25.0. The number of ketones is 1. The second-order valence-electron chi connectivity index (χ2n) is 10.5. The summed E-state index contributed by atoms with van der Waals surface area (Å²) in [6.45, 7) is 3.13. The van der Waals surface area contributed by atoms with Crippen molar-refractivity contribution in [3.63, 3.8) is 0 Å². The van der Waals surface area contributed by atoms with E-state index < -0.39 is 17.7 Å². The summed E-state index contributed by atoms with van der Waals surface area (Å²) in [5, 5.41) is 11.5. The van der Waals surface area contributed by atoms with Crippen LogP contribution in [-0.2, 0) is 27.5 Å². The van der Waals surface area contributed by atoms with Gasteiger partial charge in [0.15, 0.2) is 11.5 Å². The minimum atomic E-state index is -0.862. The summed E-state index contributed by atoms with van der Waals surface area (Å²) >= 11 is 0. The van der Waals surface area contributed by atoms with Crippen molar-refractivity contribution in [3.05, 3.63) is 130 Å². The van der Waals surface area contributed by atoms with Crippen LogP contribution in [0.15, 0.2) is 103 Å². The first kappa shape index (κ1) is 30.4. The highest BCUT2D eigenvalue weighted by atomic mass is 16.5. The first-order valence-electron chi connectivity index (χ1n) is 14.3. The maximum absolute atomic E-state index is 13.4. The Morgan fingerprint density at radius 2 is 1.52 bits per heavy atom. The first-order valence-corrected chi connectivity index (χ1v) is 14.3. The number of benzene rings is 4. The molecule has 1 amide bonds. The number of Topliss-reactive ketones (excluding diaryl/α,β-unsaturated/α-hetero) is 1. The van der Waals surface area contributed by atoms with E-state index in [2.05, 4.69) is 6.07 Å². The Morgan fingerprint density at radius 1 is 0.795 bits per heavy atom. The Balaban J connectivity index is 1.44. The van der Waals surface area contributed by atoms with E-state index in [1.807, 2.05) is 55.5 Å². The Kier molecular flexibility index (Phi) is 9.62. The summed E-state index contributed by atoms with van der Waals surface area (Å²) in [7, 11) is 3.05. The van der Waals surface area contributed by atoms with Gasteiger partial charge in [0.2, 0.25) is 0 Å². The van der Waals surface area contributed by atoms with Crippen molar-refractivity contribution >= 4 is 17.4 Å². The topological polar surface area (TPSA) is 94.5 Å². The van der Waals surface area contributed by atoms with Crippen molar-refractivity contribution in [2.24, 2.45) is 0 Å². The normalized spacial score (nSPS) is 15.8. The fourth-order valence-electron chi connectivity index (χ4n) is 5.19. The number of rotatable bonds is 12. The summed E-state index contributed by atoms with van der Waals surface area (Å²) in [5.74, 6) is -0.208. The average molecular weight is 594 g/mol. The molecule has 1 aliphatic rings. The Labute approximate surface area is 257 Å². The summed E-state index contributed by atoms with van der Waals surface area (Å²) in [6.07, 6.45) is 0. The van der Waals surface area contributed by atoms with Crippen LogP contribution < -0.4 is 14.2 Å². The molecular weight excluding hydrogens is 558 g/mol. The Hall–Kier alpha value is -5.08. The molecule has 1 N–H and O–H groups in total. The molecular formula is C36H35NO7. The lowest BCUT2D eigenvalue weighted by Gasteiger charge is -2.25. The second-order valence-corrected chi connectivity index (χ2v) is 10.5. The number of carbonyl (C=O) groups excluding carboxylic acids is 2. The number of aryl methyl sites for hydroxylation is 1. The van der Waals surface area contributed by atoms with Gasteiger partial charge in [0, 0.05) is 19.2 Å². The zero-order chi connectivity index (χ0) is 31.1. The molecule has 1 fully saturated rings. The lowest BCUT2D eigenvalue weighted by Crippen LogP contribution is -2.32. The third-order valence-electron chi connectivity index (χ3n) is 7.43. The van der Waals surface area contributed by atoms with Gasteiger partial charge in [-0.3, -0.25) is 9.59 Å². The van der Waals surface area contributed by atoms with E-state index in [0.29, 0.717) is 41.6 Å². The number of likely N-dealkylation sites (tertiary alicyclic amines) is 1. The molecule has 4 aromatic carbocycles. The maximum Gasteiger partial charge on any atom is 0.295 e. The number of nitrogens with zero attached hydrogens (tertiary/aromatic N) is 1. The summed E-state index contributed by atoms with van der Waals surface area (Å²) in [5.41, 5.74) is 4.15. The summed E-state index contributed by atoms with van der Waals surface area (Å²) in [4.78, 5) is 28.0. The molecule has 1 unspecified atom stereocenters. The zero-order valence-electron chi connectivity index (χ0n) is 25.0. The van der Waals surface area contributed by atoms with Gasteiger partial charge in [-0.2, -0.15) is 0 Å². The number of ether oxygens (including phenoxy) is 4. The number of hydrogen-bond donors (Lipinski definition) is 1. The molecule has 5 rings (SSSR count). The number of carbonyl (C=O) groups is 2. The van der Waals surface area contributed by atoms with E-state index in [4.69, 9.17) is 18.9 Å². The van der Waals surface area contributed by atoms with E-state index in [9.17, 15) is 14.7 Å². The van der Waals surface area contributed by atoms with Crippen molar-refractivity contribution in [1.82, 2.24) is 4.90 Å². The number of aliphatic hydroxyl groups excluding tert-OH is 1. The minimum absolute atomic E-state index is 0.0143. The van der Waals surface area contributed by atoms with Gasteiger partial charge >= 0.3 is 0 Å². The molecule has 0 spiro atoms. The van der Waals surface area contributed by atoms with Crippen molar-refractivity contribution < 1.29 is 33.6 Å². The monoisotopic (exact) mass is 593 g/mol. The quantitative estimate of drug-likeness (QED) is 0.118. The van der Waals surface area contributed by atoms with E-state index in [0.717, 1.165) is 16.7 Å². The van der Waals surface area contributed by atoms with Gasteiger partial charge in [-0.25, -0.2) is 0 Å². The van der Waals surface area contributed by atoms with Gasteiger partial charge in [0.25, 0.3) is 11.7 Å². The lowest BCUT2D eigenvalue weighted by atomic mass is 9.95. The predicted molar refractivity (Wildman–Crippen MR) is 167 cm³/mol. The van der Waals surface area contributed by atoms with E-state index in [-0.39, 0.29) is 24.5 Å². The SMILES string of the molecule is COCCN1C(=O)C(=O)/C(=C(/O)c2ccc(OCc3cccc(C)c3)cc2)C1c1ccc(OCc2ccccc2)c(OC)c1. The highest BCUT2D eigenvalue weighted by Crippen LogP contribution is 2.42. The van der Waals surface area contributed by atoms with E-state index >= 15 is 0 Å². The third-order valence-corrected chi connectivity index (χ3v) is 7.43. The lowest BCUT2D eigenvalue weighted by molar-refractivity contribution is -0.140. The van der Waals surface area contributed by atoms with Crippen LogP contribution in [0.2, 0.25) is 0 Å². The molecule has 226 valence electrons. The highest BCUT2D eigenvalue weighted by molar-refractivity contribution is 6.46. The van der Waals surface area contributed by atoms with Crippen molar-refractivity contribution in [2.75, 3.05) is 27.4 Å². The van der Waals surface area contributed by atoms with Gasteiger partial charge in [-0.15, -0.1) is 0 Å². The highest BCUT2D eigenvalue weighted by Gasteiger charge is 2.46. The van der Waals surface area contributed by atoms with Crippen LogP contribution in [0.1, 0.15) is 33.9 Å². The molecule has 4 aromatic rings. The van der Waals surface area contributed by atoms with Crippen molar-refractivity contribution in [2.45, 2.75) is 26.2 Å². The molecule has 1 atom stereocenters. The summed E-state index contributed by atoms with van der Waals surface area (Å²) < 4.78 is 22.8.